The van der Waals surface area contributed by atoms with E-state index in [4.69, 9.17) is 5.11 Å². The lowest BCUT2D eigenvalue weighted by Crippen LogP contribution is -2.45. The summed E-state index contributed by atoms with van der Waals surface area (Å²) in [7, 11) is 0. The zero-order chi connectivity index (χ0) is 10.2. The molecular weight excluding hydrogens is 174 g/mol. The van der Waals surface area contributed by atoms with Gasteiger partial charge in [-0.1, -0.05) is 12.2 Å². The monoisotopic (exact) mass is 195 g/mol. The third-order valence-electron chi connectivity index (χ3n) is 3.65. The summed E-state index contributed by atoms with van der Waals surface area (Å²) in [6, 6.07) is 0. The van der Waals surface area contributed by atoms with Crippen LogP contribution >= 0.6 is 0 Å². The van der Waals surface area contributed by atoms with E-state index in [2.05, 4.69) is 31.3 Å². The summed E-state index contributed by atoms with van der Waals surface area (Å²) in [5.41, 5.74) is -0.119. The van der Waals surface area contributed by atoms with Crippen LogP contribution in [0, 0.1) is 17.8 Å². The van der Waals surface area contributed by atoms with Crippen molar-refractivity contribution >= 4 is 0 Å². The third-order valence-corrected chi connectivity index (χ3v) is 3.65. The van der Waals surface area contributed by atoms with Crippen LogP contribution in [0.5, 0.6) is 0 Å². The van der Waals surface area contributed by atoms with Crippen LogP contribution in [0.25, 0.3) is 0 Å². The van der Waals surface area contributed by atoms with Crippen molar-refractivity contribution in [3.8, 4) is 0 Å². The number of fused-ring (bicyclic) bond motifs is 2. The largest absolute Gasteiger partial charge is 0.394 e. The number of aliphatic hydroxyl groups excluding tert-OH is 1. The summed E-state index contributed by atoms with van der Waals surface area (Å²) in [6.45, 7) is 5.37. The Labute approximate surface area is 86.4 Å². The Hall–Kier alpha value is -0.340. The van der Waals surface area contributed by atoms with E-state index in [0.717, 1.165) is 24.3 Å². The second kappa shape index (κ2) is 3.67. The van der Waals surface area contributed by atoms with Gasteiger partial charge in [0.1, 0.15) is 0 Å². The number of hydrogen-bond acceptors (Lipinski definition) is 2. The van der Waals surface area contributed by atoms with Gasteiger partial charge >= 0.3 is 0 Å². The molecule has 2 nitrogen and oxygen atoms in total. The molecule has 0 spiro atoms. The minimum Gasteiger partial charge on any atom is -0.394 e. The van der Waals surface area contributed by atoms with Crippen LogP contribution in [0.3, 0.4) is 0 Å². The highest BCUT2D eigenvalue weighted by molar-refractivity contribution is 5.10. The van der Waals surface area contributed by atoms with Gasteiger partial charge in [-0.15, -0.1) is 0 Å². The quantitative estimate of drug-likeness (QED) is 0.667. The van der Waals surface area contributed by atoms with E-state index in [1.165, 1.54) is 12.8 Å². The van der Waals surface area contributed by atoms with Crippen LogP contribution in [-0.4, -0.2) is 23.8 Å². The maximum Gasteiger partial charge on any atom is 0.0607 e. The fourth-order valence-corrected chi connectivity index (χ4v) is 2.59. The smallest absolute Gasteiger partial charge is 0.0607 e. The highest BCUT2D eigenvalue weighted by Crippen LogP contribution is 2.43. The van der Waals surface area contributed by atoms with Crippen LogP contribution in [0.15, 0.2) is 12.2 Å². The third kappa shape index (κ3) is 2.01. The number of aliphatic hydroxyl groups is 1. The zero-order valence-electron chi connectivity index (χ0n) is 9.16. The molecule has 0 amide bonds. The molecule has 0 aromatic rings. The van der Waals surface area contributed by atoms with E-state index in [0.29, 0.717) is 0 Å². The summed E-state index contributed by atoms with van der Waals surface area (Å²) in [4.78, 5) is 0. The lowest BCUT2D eigenvalue weighted by Gasteiger charge is -2.27. The summed E-state index contributed by atoms with van der Waals surface area (Å²) in [6.07, 6.45) is 7.46. The van der Waals surface area contributed by atoms with Gasteiger partial charge < -0.3 is 10.4 Å². The SMILES string of the molecule is CC(C)(CO)NC[C@H]1C[C@@H]2C=C[C@H]1C2. The standard InChI is InChI=1S/C12H21NO/c1-12(2,8-14)13-7-11-6-9-3-4-10(11)5-9/h3-4,9-11,13-14H,5-8H2,1-2H3/t9-,10+,11-/m1/s1. The lowest BCUT2D eigenvalue weighted by atomic mass is 9.92. The van der Waals surface area contributed by atoms with E-state index >= 15 is 0 Å². The van der Waals surface area contributed by atoms with Gasteiger partial charge in [-0.05, 0) is 51.0 Å². The first-order valence-electron chi connectivity index (χ1n) is 5.65. The molecule has 0 aromatic carbocycles. The molecule has 0 heterocycles. The fourth-order valence-electron chi connectivity index (χ4n) is 2.59. The van der Waals surface area contributed by atoms with E-state index < -0.39 is 0 Å². The molecule has 1 saturated carbocycles. The topological polar surface area (TPSA) is 32.3 Å². The number of hydrogen-bond donors (Lipinski definition) is 2. The summed E-state index contributed by atoms with van der Waals surface area (Å²) in [5, 5.41) is 12.6. The molecule has 2 bridgehead atoms. The van der Waals surface area contributed by atoms with E-state index in [-0.39, 0.29) is 12.1 Å². The van der Waals surface area contributed by atoms with Crippen molar-refractivity contribution in [2.45, 2.75) is 32.2 Å². The Morgan fingerprint density at radius 3 is 2.64 bits per heavy atom. The van der Waals surface area contributed by atoms with Gasteiger partial charge in [-0.2, -0.15) is 0 Å². The summed E-state index contributed by atoms with van der Waals surface area (Å²) < 4.78 is 0. The predicted octanol–water partition coefficient (Wildman–Crippen LogP) is 1.56. The van der Waals surface area contributed by atoms with Gasteiger partial charge in [0.05, 0.1) is 6.61 Å². The molecule has 2 aliphatic carbocycles. The van der Waals surface area contributed by atoms with Crippen molar-refractivity contribution < 1.29 is 5.11 Å². The molecular formula is C12H21NO. The van der Waals surface area contributed by atoms with E-state index in [1.807, 2.05) is 0 Å². The molecule has 14 heavy (non-hydrogen) atoms. The molecule has 0 aliphatic heterocycles. The van der Waals surface area contributed by atoms with Crippen molar-refractivity contribution in [1.29, 1.82) is 0 Å². The molecule has 2 N–H and O–H groups in total. The number of nitrogens with one attached hydrogen (secondary N) is 1. The van der Waals surface area contributed by atoms with Crippen molar-refractivity contribution in [2.75, 3.05) is 13.2 Å². The Bertz CT molecular complexity index is 234. The minimum atomic E-state index is -0.119. The Kier molecular flexibility index (Phi) is 2.67. The number of rotatable bonds is 4. The Morgan fingerprint density at radius 2 is 2.14 bits per heavy atom. The molecule has 0 aromatic heterocycles. The van der Waals surface area contributed by atoms with Crippen molar-refractivity contribution in [1.82, 2.24) is 5.32 Å². The fraction of sp³-hybridized carbons (Fsp3) is 0.833. The van der Waals surface area contributed by atoms with Crippen molar-refractivity contribution in [3.05, 3.63) is 12.2 Å². The molecule has 2 aliphatic rings. The number of allylic oxidation sites excluding steroid dienone is 2. The van der Waals surface area contributed by atoms with Gasteiger partial charge in [-0.3, -0.25) is 0 Å². The molecule has 0 saturated heterocycles. The van der Waals surface area contributed by atoms with E-state index in [1.54, 1.807) is 0 Å². The summed E-state index contributed by atoms with van der Waals surface area (Å²) in [5.74, 6) is 2.46. The lowest BCUT2D eigenvalue weighted by molar-refractivity contribution is 0.180. The Balaban J connectivity index is 1.80. The van der Waals surface area contributed by atoms with Crippen LogP contribution in [0.1, 0.15) is 26.7 Å². The molecule has 3 atom stereocenters. The molecule has 80 valence electrons. The highest BCUT2D eigenvalue weighted by atomic mass is 16.3. The van der Waals surface area contributed by atoms with Gasteiger partial charge in [-0.25, -0.2) is 0 Å². The average Bonchev–Trinajstić information content (AvgIpc) is 2.76. The van der Waals surface area contributed by atoms with E-state index in [9.17, 15) is 0 Å². The van der Waals surface area contributed by atoms with Crippen molar-refractivity contribution in [3.63, 3.8) is 0 Å². The van der Waals surface area contributed by atoms with Gasteiger partial charge in [0, 0.05) is 5.54 Å². The van der Waals surface area contributed by atoms with Crippen molar-refractivity contribution in [2.24, 2.45) is 17.8 Å². The normalized spacial score (nSPS) is 35.5. The average molecular weight is 195 g/mol. The van der Waals surface area contributed by atoms with Crippen LogP contribution in [0.2, 0.25) is 0 Å². The van der Waals surface area contributed by atoms with Crippen LogP contribution in [-0.2, 0) is 0 Å². The zero-order valence-corrected chi connectivity index (χ0v) is 9.16. The van der Waals surface area contributed by atoms with Gasteiger partial charge in [0.15, 0.2) is 0 Å². The molecule has 2 rings (SSSR count). The maximum atomic E-state index is 9.12. The Morgan fingerprint density at radius 1 is 1.36 bits per heavy atom. The van der Waals surface area contributed by atoms with Crippen LogP contribution in [0.4, 0.5) is 0 Å². The molecule has 2 heteroatoms. The predicted molar refractivity (Wildman–Crippen MR) is 58.0 cm³/mol. The maximum absolute atomic E-state index is 9.12. The van der Waals surface area contributed by atoms with Crippen LogP contribution < -0.4 is 5.32 Å². The molecule has 1 fully saturated rings. The highest BCUT2D eigenvalue weighted by Gasteiger charge is 2.35. The van der Waals surface area contributed by atoms with Gasteiger partial charge in [0.2, 0.25) is 0 Å². The van der Waals surface area contributed by atoms with Gasteiger partial charge in [0.25, 0.3) is 0 Å². The summed E-state index contributed by atoms with van der Waals surface area (Å²) >= 11 is 0. The second-order valence-electron chi connectivity index (χ2n) is 5.46. The first-order chi connectivity index (χ1) is 6.61. The minimum absolute atomic E-state index is 0.119. The molecule has 0 unspecified atom stereocenters. The first kappa shape index (κ1) is 10.2. The first-order valence-corrected chi connectivity index (χ1v) is 5.65. The molecule has 0 radical (unpaired) electrons. The second-order valence-corrected chi connectivity index (χ2v) is 5.46.